The fraction of sp³-hybridized carbons (Fsp3) is 0.294. The molecule has 2 heterocycles. The Morgan fingerprint density at radius 1 is 1.12 bits per heavy atom. The van der Waals surface area contributed by atoms with Crippen molar-refractivity contribution < 1.29 is 14.3 Å². The quantitative estimate of drug-likeness (QED) is 0.846. The number of nitrogen functional groups attached to an aromatic ring is 1. The van der Waals surface area contributed by atoms with E-state index in [-0.39, 0.29) is 6.17 Å². The lowest BCUT2D eigenvalue weighted by molar-refractivity contribution is 0.180. The van der Waals surface area contributed by atoms with Crippen LogP contribution in [0, 0.1) is 0 Å². The van der Waals surface area contributed by atoms with Crippen molar-refractivity contribution >= 4 is 11.7 Å². The molecule has 3 rings (SSSR count). The molecule has 0 radical (unpaired) electrons. The summed E-state index contributed by atoms with van der Waals surface area (Å²) in [6.07, 6.45) is 1.32. The molecule has 1 aliphatic rings. The minimum absolute atomic E-state index is 0.326. The Balaban J connectivity index is 1.86. The monoisotopic (exact) mass is 328 g/mol. The third-order valence-electron chi connectivity index (χ3n) is 3.42. The van der Waals surface area contributed by atoms with Crippen LogP contribution < -0.4 is 20.7 Å². The summed E-state index contributed by atoms with van der Waals surface area (Å²) in [6.45, 7) is 4.98. The maximum absolute atomic E-state index is 5.71. The first kappa shape index (κ1) is 16.1. The smallest absolute Gasteiger partial charge is 0.242 e. The number of benzene rings is 1. The van der Waals surface area contributed by atoms with Gasteiger partial charge < -0.3 is 20.0 Å². The van der Waals surface area contributed by atoms with Crippen LogP contribution in [0.1, 0.15) is 31.1 Å². The topological polar surface area (TPSA) is 91.0 Å². The minimum Gasteiger partial charge on any atom is -0.490 e. The van der Waals surface area contributed by atoms with Gasteiger partial charge in [0.05, 0.1) is 13.2 Å². The Bertz CT molecular complexity index is 748. The summed E-state index contributed by atoms with van der Waals surface area (Å²) in [7, 11) is 0. The van der Waals surface area contributed by atoms with Crippen LogP contribution in [0.15, 0.2) is 41.5 Å². The maximum Gasteiger partial charge on any atom is 0.242 e. The van der Waals surface area contributed by atoms with Crippen molar-refractivity contribution in [1.82, 2.24) is 10.5 Å². The van der Waals surface area contributed by atoms with Gasteiger partial charge in [0, 0.05) is 11.8 Å². The summed E-state index contributed by atoms with van der Waals surface area (Å²) in [5.41, 5.74) is 10.3. The third kappa shape index (κ3) is 3.41. The van der Waals surface area contributed by atoms with Crippen molar-refractivity contribution in [2.75, 3.05) is 18.9 Å². The Morgan fingerprint density at radius 3 is 2.67 bits per heavy atom. The number of pyridine rings is 1. The number of ether oxygens (including phenoxy) is 2. The summed E-state index contributed by atoms with van der Waals surface area (Å²) in [5, 5.41) is 0. The zero-order valence-electron chi connectivity index (χ0n) is 13.7. The predicted molar refractivity (Wildman–Crippen MR) is 90.9 cm³/mol. The van der Waals surface area contributed by atoms with Crippen molar-refractivity contribution in [3.63, 3.8) is 0 Å². The Hall–Kier alpha value is -2.80. The van der Waals surface area contributed by atoms with E-state index < -0.39 is 0 Å². The third-order valence-corrected chi connectivity index (χ3v) is 3.42. The molecule has 126 valence electrons. The Labute approximate surface area is 140 Å². The number of hydrogen-bond donors (Lipinski definition) is 2. The van der Waals surface area contributed by atoms with Gasteiger partial charge in [0.15, 0.2) is 17.7 Å². The number of anilines is 1. The van der Waals surface area contributed by atoms with Crippen LogP contribution in [0.5, 0.6) is 11.5 Å². The van der Waals surface area contributed by atoms with Gasteiger partial charge in [0.1, 0.15) is 5.82 Å². The molecule has 0 fully saturated rings. The van der Waals surface area contributed by atoms with Crippen LogP contribution in [-0.2, 0) is 4.84 Å². The van der Waals surface area contributed by atoms with E-state index in [1.54, 1.807) is 12.3 Å². The zero-order valence-corrected chi connectivity index (χ0v) is 13.7. The van der Waals surface area contributed by atoms with Crippen LogP contribution in [0.25, 0.3) is 0 Å². The number of nitrogens with two attached hydrogens (primary N) is 1. The lowest BCUT2D eigenvalue weighted by Crippen LogP contribution is -2.15. The van der Waals surface area contributed by atoms with Gasteiger partial charge >= 0.3 is 0 Å². The van der Waals surface area contributed by atoms with E-state index in [1.165, 1.54) is 0 Å². The Kier molecular flexibility index (Phi) is 4.81. The molecule has 3 N–H and O–H groups in total. The maximum atomic E-state index is 5.71. The fourth-order valence-corrected chi connectivity index (χ4v) is 2.38. The standard InChI is InChI=1S/C17H20N4O3/c1-3-22-13-6-5-12(9-14(13)23-4-2)17-20-16(21-24-17)11-7-8-19-15(18)10-11/h5-10,16,21H,3-4H2,1-2H3,(H2,18,19). The van der Waals surface area contributed by atoms with Crippen LogP contribution >= 0.6 is 0 Å². The first-order chi connectivity index (χ1) is 11.7. The lowest BCUT2D eigenvalue weighted by Gasteiger charge is -2.11. The molecule has 2 aromatic rings. The zero-order chi connectivity index (χ0) is 16.9. The van der Waals surface area contributed by atoms with Gasteiger partial charge in [-0.25, -0.2) is 9.98 Å². The first-order valence-electron chi connectivity index (χ1n) is 7.83. The van der Waals surface area contributed by atoms with E-state index in [9.17, 15) is 0 Å². The normalized spacial score (nSPS) is 16.4. The van der Waals surface area contributed by atoms with Gasteiger partial charge in [0.2, 0.25) is 5.90 Å². The highest BCUT2D eigenvalue weighted by molar-refractivity contribution is 5.95. The van der Waals surface area contributed by atoms with Crippen molar-refractivity contribution in [2.24, 2.45) is 4.99 Å². The number of rotatable bonds is 6. The minimum atomic E-state index is -0.326. The Morgan fingerprint density at radius 2 is 1.92 bits per heavy atom. The SMILES string of the molecule is CCOc1ccc(C2=NC(c3ccnc(N)c3)NO2)cc1OCC. The molecule has 1 aromatic heterocycles. The fourth-order valence-electron chi connectivity index (χ4n) is 2.38. The molecule has 0 saturated carbocycles. The summed E-state index contributed by atoms with van der Waals surface area (Å²) in [6, 6.07) is 9.20. The van der Waals surface area contributed by atoms with E-state index in [2.05, 4.69) is 15.5 Å². The molecule has 24 heavy (non-hydrogen) atoms. The average molecular weight is 328 g/mol. The van der Waals surface area contributed by atoms with Crippen LogP contribution in [0.3, 0.4) is 0 Å². The molecule has 0 saturated heterocycles. The van der Waals surface area contributed by atoms with Gasteiger partial charge in [-0.1, -0.05) is 0 Å². The second-order valence-corrected chi connectivity index (χ2v) is 5.10. The molecule has 0 spiro atoms. The first-order valence-corrected chi connectivity index (χ1v) is 7.83. The van der Waals surface area contributed by atoms with E-state index in [1.807, 2.05) is 38.1 Å². The van der Waals surface area contributed by atoms with Gasteiger partial charge in [0.25, 0.3) is 0 Å². The van der Waals surface area contributed by atoms with Crippen molar-refractivity contribution in [2.45, 2.75) is 20.0 Å². The molecule has 1 atom stereocenters. The molecule has 1 aliphatic heterocycles. The number of hydroxylamine groups is 1. The highest BCUT2D eigenvalue weighted by Crippen LogP contribution is 2.30. The van der Waals surface area contributed by atoms with Crippen LogP contribution in [-0.4, -0.2) is 24.1 Å². The van der Waals surface area contributed by atoms with Gasteiger partial charge in [-0.05, 0) is 49.7 Å². The van der Waals surface area contributed by atoms with Gasteiger partial charge in [-0.15, -0.1) is 5.48 Å². The number of nitrogens with zero attached hydrogens (tertiary/aromatic N) is 2. The molecular weight excluding hydrogens is 308 g/mol. The number of aromatic nitrogens is 1. The predicted octanol–water partition coefficient (Wildman–Crippen LogP) is 2.44. The second-order valence-electron chi connectivity index (χ2n) is 5.10. The highest BCUT2D eigenvalue weighted by Gasteiger charge is 2.22. The van der Waals surface area contributed by atoms with Crippen LogP contribution in [0.2, 0.25) is 0 Å². The molecular formula is C17H20N4O3. The average Bonchev–Trinajstić information content (AvgIpc) is 3.07. The molecule has 1 unspecified atom stereocenters. The number of nitrogens with one attached hydrogen (secondary N) is 1. The molecule has 0 amide bonds. The van der Waals surface area contributed by atoms with E-state index in [0.717, 1.165) is 11.1 Å². The summed E-state index contributed by atoms with van der Waals surface area (Å²) < 4.78 is 11.2. The molecule has 7 nitrogen and oxygen atoms in total. The van der Waals surface area contributed by atoms with Gasteiger partial charge in [-0.3, -0.25) is 0 Å². The summed E-state index contributed by atoms with van der Waals surface area (Å²) in [4.78, 5) is 14.0. The van der Waals surface area contributed by atoms with Gasteiger partial charge in [-0.2, -0.15) is 0 Å². The molecule has 0 aliphatic carbocycles. The van der Waals surface area contributed by atoms with E-state index >= 15 is 0 Å². The largest absolute Gasteiger partial charge is 0.490 e. The molecule has 7 heteroatoms. The second kappa shape index (κ2) is 7.18. The molecule has 0 bridgehead atoms. The molecule has 1 aromatic carbocycles. The highest BCUT2D eigenvalue weighted by atomic mass is 16.7. The van der Waals surface area contributed by atoms with Crippen LogP contribution in [0.4, 0.5) is 5.82 Å². The van der Waals surface area contributed by atoms with E-state index in [4.69, 9.17) is 20.0 Å². The van der Waals surface area contributed by atoms with Crippen molar-refractivity contribution in [1.29, 1.82) is 0 Å². The lowest BCUT2D eigenvalue weighted by atomic mass is 10.2. The van der Waals surface area contributed by atoms with Crippen molar-refractivity contribution in [3.05, 3.63) is 47.7 Å². The summed E-state index contributed by atoms with van der Waals surface area (Å²) in [5.74, 6) is 2.30. The number of hydrogen-bond acceptors (Lipinski definition) is 7. The van der Waals surface area contributed by atoms with E-state index in [0.29, 0.717) is 36.4 Å². The van der Waals surface area contributed by atoms with Crippen molar-refractivity contribution in [3.8, 4) is 11.5 Å². The summed E-state index contributed by atoms with van der Waals surface area (Å²) >= 11 is 0. The number of aliphatic imine (C=N–C) groups is 1.